The van der Waals surface area contributed by atoms with E-state index in [0.717, 1.165) is 11.3 Å². The number of esters is 1. The second-order valence-electron chi connectivity index (χ2n) is 4.06. The van der Waals surface area contributed by atoms with Gasteiger partial charge in [-0.1, -0.05) is 0 Å². The Morgan fingerprint density at radius 3 is 2.81 bits per heavy atom. The predicted molar refractivity (Wildman–Crippen MR) is 76.7 cm³/mol. The van der Waals surface area contributed by atoms with Crippen LogP contribution >= 0.6 is 11.3 Å². The minimum Gasteiger partial charge on any atom is -0.481 e. The first kappa shape index (κ1) is 17.4. The number of hydrogen-bond donors (Lipinski definition) is 2. The number of ether oxygens (including phenoxy) is 1. The number of carboxylic acids is 1. The summed E-state index contributed by atoms with van der Waals surface area (Å²) in [6, 6.07) is 0. The molecule has 8 nitrogen and oxygen atoms in total. The van der Waals surface area contributed by atoms with Crippen LogP contribution in [0, 0.1) is 0 Å². The lowest BCUT2D eigenvalue weighted by Gasteiger charge is -2.04. The molecule has 0 radical (unpaired) electrons. The van der Waals surface area contributed by atoms with E-state index in [-0.39, 0.29) is 18.2 Å². The average molecular weight is 336 g/mol. The number of sulfonamides is 1. The zero-order valence-electron chi connectivity index (χ0n) is 11.4. The Labute approximate surface area is 126 Å². The lowest BCUT2D eigenvalue weighted by molar-refractivity contribution is -0.140. The molecule has 0 unspecified atom stereocenters. The van der Waals surface area contributed by atoms with E-state index in [1.807, 2.05) is 0 Å². The number of carbonyl (C=O) groups excluding carboxylic acids is 1. The van der Waals surface area contributed by atoms with Crippen molar-refractivity contribution in [2.24, 2.45) is 0 Å². The van der Waals surface area contributed by atoms with E-state index in [1.54, 1.807) is 12.3 Å². The number of nitrogens with one attached hydrogen (secondary N) is 1. The maximum Gasteiger partial charge on any atom is 0.323 e. The fraction of sp³-hybridized carbons (Fsp3) is 0.545. The lowest BCUT2D eigenvalue weighted by atomic mass is 10.2. The van der Waals surface area contributed by atoms with Crippen molar-refractivity contribution in [2.75, 3.05) is 17.1 Å². The van der Waals surface area contributed by atoms with Gasteiger partial charge in [-0.3, -0.25) is 14.3 Å². The van der Waals surface area contributed by atoms with Gasteiger partial charge in [0.15, 0.2) is 10.9 Å². The lowest BCUT2D eigenvalue weighted by Crippen LogP contribution is -2.24. The summed E-state index contributed by atoms with van der Waals surface area (Å²) in [5, 5.41) is 10.3. The zero-order chi connectivity index (χ0) is 15.9. The number of nitrogens with zero attached hydrogens (tertiary/aromatic N) is 1. The van der Waals surface area contributed by atoms with E-state index in [9.17, 15) is 18.0 Å². The Balaban J connectivity index is 2.53. The van der Waals surface area contributed by atoms with Crippen LogP contribution in [0.2, 0.25) is 0 Å². The SMILES string of the molecule is CCOC(=O)CS(=O)(=O)Nc1nc(CCCC(=O)O)cs1. The number of carbonyl (C=O) groups is 2. The normalized spacial score (nSPS) is 11.1. The van der Waals surface area contributed by atoms with Gasteiger partial charge in [0, 0.05) is 11.8 Å². The molecule has 1 heterocycles. The van der Waals surface area contributed by atoms with Crippen LogP contribution in [0.4, 0.5) is 5.13 Å². The summed E-state index contributed by atoms with van der Waals surface area (Å²) in [5.74, 6) is -2.49. The van der Waals surface area contributed by atoms with E-state index in [4.69, 9.17) is 5.11 Å². The van der Waals surface area contributed by atoms with Crippen LogP contribution in [0.3, 0.4) is 0 Å². The number of aliphatic carboxylic acids is 1. The maximum atomic E-state index is 11.7. The second kappa shape index (κ2) is 7.93. The Hall–Kier alpha value is -1.68. The summed E-state index contributed by atoms with van der Waals surface area (Å²) in [4.78, 5) is 25.6. The van der Waals surface area contributed by atoms with Crippen LogP contribution in [0.5, 0.6) is 0 Å². The molecule has 1 aromatic rings. The van der Waals surface area contributed by atoms with Gasteiger partial charge >= 0.3 is 11.9 Å². The van der Waals surface area contributed by atoms with Crippen LogP contribution in [0.1, 0.15) is 25.5 Å². The predicted octanol–water partition coefficient (Wildman–Crippen LogP) is 0.855. The summed E-state index contributed by atoms with van der Waals surface area (Å²) >= 11 is 1.07. The Kier molecular flexibility index (Phi) is 6.56. The van der Waals surface area contributed by atoms with Crippen molar-refractivity contribution < 1.29 is 27.9 Å². The highest BCUT2D eigenvalue weighted by Crippen LogP contribution is 2.18. The van der Waals surface area contributed by atoms with Crippen molar-refractivity contribution in [1.29, 1.82) is 0 Å². The Morgan fingerprint density at radius 2 is 2.19 bits per heavy atom. The molecular formula is C11H16N2O6S2. The highest BCUT2D eigenvalue weighted by Gasteiger charge is 2.18. The maximum absolute atomic E-state index is 11.7. The van der Waals surface area contributed by atoms with Crippen LogP contribution < -0.4 is 4.72 Å². The van der Waals surface area contributed by atoms with Crippen molar-refractivity contribution in [2.45, 2.75) is 26.2 Å². The summed E-state index contributed by atoms with van der Waals surface area (Å²) in [6.07, 6.45) is 0.901. The molecule has 1 aromatic heterocycles. The molecule has 0 aliphatic heterocycles. The molecule has 0 aliphatic carbocycles. The molecule has 1 rings (SSSR count). The number of anilines is 1. The molecule has 2 N–H and O–H groups in total. The molecule has 0 fully saturated rings. The topological polar surface area (TPSA) is 123 Å². The van der Waals surface area contributed by atoms with Gasteiger partial charge in [0.25, 0.3) is 0 Å². The molecular weight excluding hydrogens is 320 g/mol. The largest absolute Gasteiger partial charge is 0.481 e. The van der Waals surface area contributed by atoms with Gasteiger partial charge in [0.05, 0.1) is 12.3 Å². The number of thiazole rings is 1. The molecule has 0 saturated carbocycles. The Morgan fingerprint density at radius 1 is 1.48 bits per heavy atom. The molecule has 118 valence electrons. The summed E-state index contributed by atoms with van der Waals surface area (Å²) < 4.78 is 30.1. The second-order valence-corrected chi connectivity index (χ2v) is 6.64. The highest BCUT2D eigenvalue weighted by atomic mass is 32.2. The van der Waals surface area contributed by atoms with Crippen LogP contribution in [-0.2, 0) is 30.8 Å². The standard InChI is InChI=1S/C11H16N2O6S2/c1-2-19-10(16)7-21(17,18)13-11-12-8(6-20-11)4-3-5-9(14)15/h6H,2-5,7H2,1H3,(H,12,13)(H,14,15). The third-order valence-electron chi connectivity index (χ3n) is 2.23. The van der Waals surface area contributed by atoms with Crippen LogP contribution in [0.25, 0.3) is 0 Å². The van der Waals surface area contributed by atoms with E-state index >= 15 is 0 Å². The number of carboxylic acid groups (broad SMARTS) is 1. The third kappa shape index (κ3) is 7.04. The van der Waals surface area contributed by atoms with Crippen LogP contribution in [-0.4, -0.2) is 42.8 Å². The van der Waals surface area contributed by atoms with E-state index in [0.29, 0.717) is 18.5 Å². The molecule has 0 saturated heterocycles. The van der Waals surface area contributed by atoms with Crippen LogP contribution in [0.15, 0.2) is 5.38 Å². The first-order chi connectivity index (χ1) is 9.82. The summed E-state index contributed by atoms with van der Waals surface area (Å²) in [5.41, 5.74) is 0.607. The number of aromatic nitrogens is 1. The van der Waals surface area contributed by atoms with Crippen molar-refractivity contribution in [1.82, 2.24) is 4.98 Å². The molecule has 0 aromatic carbocycles. The van der Waals surface area contributed by atoms with Gasteiger partial charge in [0.1, 0.15) is 0 Å². The third-order valence-corrected chi connectivity index (χ3v) is 4.29. The molecule has 0 amide bonds. The molecule has 21 heavy (non-hydrogen) atoms. The van der Waals surface area contributed by atoms with Crippen molar-refractivity contribution >= 4 is 38.4 Å². The van der Waals surface area contributed by atoms with E-state index < -0.39 is 27.7 Å². The van der Waals surface area contributed by atoms with Gasteiger partial charge in [0.2, 0.25) is 10.0 Å². The fourth-order valence-electron chi connectivity index (χ4n) is 1.42. The van der Waals surface area contributed by atoms with Crippen molar-refractivity contribution in [3.05, 3.63) is 11.1 Å². The molecule has 0 atom stereocenters. The van der Waals surface area contributed by atoms with Gasteiger partial charge in [-0.2, -0.15) is 0 Å². The molecule has 0 bridgehead atoms. The molecule has 10 heteroatoms. The quantitative estimate of drug-likeness (QED) is 0.641. The van der Waals surface area contributed by atoms with E-state index in [2.05, 4.69) is 14.4 Å². The van der Waals surface area contributed by atoms with Crippen molar-refractivity contribution in [3.8, 4) is 0 Å². The van der Waals surface area contributed by atoms with Gasteiger partial charge < -0.3 is 9.84 Å². The fourth-order valence-corrected chi connectivity index (χ4v) is 3.36. The number of rotatable bonds is 9. The van der Waals surface area contributed by atoms with E-state index in [1.165, 1.54) is 0 Å². The minimum absolute atomic E-state index is 0.0292. The first-order valence-corrected chi connectivity index (χ1v) is 8.68. The monoisotopic (exact) mass is 336 g/mol. The Bertz CT molecular complexity index is 596. The average Bonchev–Trinajstić information content (AvgIpc) is 2.74. The zero-order valence-corrected chi connectivity index (χ0v) is 13.0. The van der Waals surface area contributed by atoms with Crippen molar-refractivity contribution in [3.63, 3.8) is 0 Å². The van der Waals surface area contributed by atoms with Gasteiger partial charge in [-0.05, 0) is 19.8 Å². The van der Waals surface area contributed by atoms with Gasteiger partial charge in [-0.15, -0.1) is 11.3 Å². The number of hydrogen-bond acceptors (Lipinski definition) is 7. The first-order valence-electron chi connectivity index (χ1n) is 6.14. The van der Waals surface area contributed by atoms with Gasteiger partial charge in [-0.25, -0.2) is 13.4 Å². The minimum atomic E-state index is -3.85. The summed E-state index contributed by atoms with van der Waals surface area (Å²) in [7, 11) is -3.85. The molecule has 0 aliphatic rings. The summed E-state index contributed by atoms with van der Waals surface area (Å²) in [6.45, 7) is 1.70. The smallest absolute Gasteiger partial charge is 0.323 e. The highest BCUT2D eigenvalue weighted by molar-refractivity contribution is 7.93. The number of aryl methyl sites for hydroxylation is 1. The molecule has 0 spiro atoms.